The van der Waals surface area contributed by atoms with Crippen LogP contribution in [0.2, 0.25) is 0 Å². The van der Waals surface area contributed by atoms with Gasteiger partial charge in [0.05, 0.1) is 5.69 Å². The summed E-state index contributed by atoms with van der Waals surface area (Å²) in [6, 6.07) is 8.53. The maximum absolute atomic E-state index is 4.02. The number of nitrogens with zero attached hydrogens (tertiary/aromatic N) is 3. The van der Waals surface area contributed by atoms with E-state index in [9.17, 15) is 0 Å². The zero-order chi connectivity index (χ0) is 12.8. The van der Waals surface area contributed by atoms with Crippen LogP contribution in [0.1, 0.15) is 16.8 Å². The Hall–Kier alpha value is -1.30. The Bertz CT molecular complexity index is 468. The molecule has 0 spiro atoms. The fourth-order valence-corrected chi connectivity index (χ4v) is 2.26. The Morgan fingerprint density at radius 2 is 1.94 bits per heavy atom. The molecule has 4 nitrogen and oxygen atoms in total. The molecular weight excluding hydrogens is 244 g/mol. The molecule has 0 bridgehead atoms. The predicted octanol–water partition coefficient (Wildman–Crippen LogP) is 1.89. The van der Waals surface area contributed by atoms with Gasteiger partial charge in [0.1, 0.15) is 0 Å². The van der Waals surface area contributed by atoms with Crippen molar-refractivity contribution in [2.24, 2.45) is 0 Å². The number of hydrogen-bond acceptors (Lipinski definition) is 5. The van der Waals surface area contributed by atoms with E-state index in [1.165, 1.54) is 22.7 Å². The number of aromatic nitrogens is 2. The van der Waals surface area contributed by atoms with Crippen LogP contribution in [-0.4, -0.2) is 28.6 Å². The van der Waals surface area contributed by atoms with Gasteiger partial charge in [0.25, 0.3) is 0 Å². The molecule has 0 unspecified atom stereocenters. The maximum atomic E-state index is 4.02. The van der Waals surface area contributed by atoms with Gasteiger partial charge >= 0.3 is 0 Å². The molecule has 0 aliphatic rings. The van der Waals surface area contributed by atoms with Gasteiger partial charge in [-0.15, -0.1) is 5.10 Å². The van der Waals surface area contributed by atoms with Gasteiger partial charge in [-0.3, -0.25) is 0 Å². The normalized spacial score (nSPS) is 11.1. The Morgan fingerprint density at radius 3 is 2.61 bits per heavy atom. The average molecular weight is 262 g/mol. The standard InChI is InChI=1S/C13H18N4S/c1-17(2)9-12-6-4-3-5-11(12)7-14-8-13-10-18-16-15-13/h3-6,10,14H,7-9H2,1-2H3. The third kappa shape index (κ3) is 3.87. The van der Waals surface area contributed by atoms with Crippen LogP contribution in [0.15, 0.2) is 29.6 Å². The van der Waals surface area contributed by atoms with Crippen LogP contribution in [0.3, 0.4) is 0 Å². The van der Waals surface area contributed by atoms with Crippen molar-refractivity contribution < 1.29 is 0 Å². The van der Waals surface area contributed by atoms with E-state index in [0.717, 1.165) is 25.3 Å². The summed E-state index contributed by atoms with van der Waals surface area (Å²) in [6.07, 6.45) is 0. The number of benzene rings is 1. The molecule has 0 fully saturated rings. The SMILES string of the molecule is CN(C)Cc1ccccc1CNCc1csnn1. The monoisotopic (exact) mass is 262 g/mol. The molecule has 96 valence electrons. The molecule has 0 saturated heterocycles. The van der Waals surface area contributed by atoms with Crippen LogP contribution in [0.5, 0.6) is 0 Å². The number of hydrogen-bond donors (Lipinski definition) is 1. The summed E-state index contributed by atoms with van der Waals surface area (Å²) in [5.41, 5.74) is 3.71. The van der Waals surface area contributed by atoms with Crippen LogP contribution >= 0.6 is 11.5 Å². The van der Waals surface area contributed by atoms with E-state index in [2.05, 4.69) is 58.2 Å². The summed E-state index contributed by atoms with van der Waals surface area (Å²) >= 11 is 1.39. The van der Waals surface area contributed by atoms with Gasteiger partial charge < -0.3 is 10.2 Å². The first-order chi connectivity index (χ1) is 8.75. The van der Waals surface area contributed by atoms with E-state index in [0.29, 0.717) is 0 Å². The van der Waals surface area contributed by atoms with E-state index >= 15 is 0 Å². The minimum atomic E-state index is 0.771. The Kier molecular flexibility index (Phi) is 4.81. The van der Waals surface area contributed by atoms with Crippen LogP contribution in [0.25, 0.3) is 0 Å². The molecule has 2 rings (SSSR count). The van der Waals surface area contributed by atoms with Gasteiger partial charge in [-0.2, -0.15) is 0 Å². The first-order valence-electron chi connectivity index (χ1n) is 5.94. The molecule has 0 aliphatic heterocycles. The van der Waals surface area contributed by atoms with Gasteiger partial charge in [-0.05, 0) is 36.8 Å². The summed E-state index contributed by atoms with van der Waals surface area (Å²) in [5, 5.41) is 9.39. The molecule has 0 radical (unpaired) electrons. The number of nitrogens with one attached hydrogen (secondary N) is 1. The molecule has 1 N–H and O–H groups in total. The molecule has 2 aromatic rings. The quantitative estimate of drug-likeness (QED) is 0.863. The lowest BCUT2D eigenvalue weighted by molar-refractivity contribution is 0.400. The first kappa shape index (κ1) is 13.1. The van der Waals surface area contributed by atoms with Gasteiger partial charge in [-0.25, -0.2) is 0 Å². The van der Waals surface area contributed by atoms with Gasteiger partial charge in [0, 0.05) is 25.0 Å². The van der Waals surface area contributed by atoms with Crippen molar-refractivity contribution in [3.05, 3.63) is 46.5 Å². The summed E-state index contributed by atoms with van der Waals surface area (Å²) in [7, 11) is 4.18. The molecule has 18 heavy (non-hydrogen) atoms. The maximum Gasteiger partial charge on any atom is 0.0893 e. The summed E-state index contributed by atoms with van der Waals surface area (Å²) in [5.74, 6) is 0. The van der Waals surface area contributed by atoms with E-state index in [1.807, 2.05) is 5.38 Å². The van der Waals surface area contributed by atoms with Crippen molar-refractivity contribution in [2.45, 2.75) is 19.6 Å². The van der Waals surface area contributed by atoms with E-state index in [4.69, 9.17) is 0 Å². The second-order valence-electron chi connectivity index (χ2n) is 4.51. The van der Waals surface area contributed by atoms with Crippen molar-refractivity contribution in [1.82, 2.24) is 19.8 Å². The average Bonchev–Trinajstić information content (AvgIpc) is 2.84. The van der Waals surface area contributed by atoms with E-state index in [1.54, 1.807) is 0 Å². The second-order valence-corrected chi connectivity index (χ2v) is 5.12. The van der Waals surface area contributed by atoms with Gasteiger partial charge in [0.15, 0.2) is 0 Å². The third-order valence-corrected chi connectivity index (χ3v) is 3.19. The lowest BCUT2D eigenvalue weighted by Gasteiger charge is -2.14. The lowest BCUT2D eigenvalue weighted by Crippen LogP contribution is -2.17. The van der Waals surface area contributed by atoms with E-state index in [-0.39, 0.29) is 0 Å². The smallest absolute Gasteiger partial charge is 0.0893 e. The molecule has 0 atom stereocenters. The van der Waals surface area contributed by atoms with Crippen molar-refractivity contribution >= 4 is 11.5 Å². The predicted molar refractivity (Wildman–Crippen MR) is 74.3 cm³/mol. The first-order valence-corrected chi connectivity index (χ1v) is 6.77. The molecule has 0 saturated carbocycles. The Labute approximate surface area is 112 Å². The molecule has 0 aliphatic carbocycles. The highest BCUT2D eigenvalue weighted by atomic mass is 32.1. The van der Waals surface area contributed by atoms with Gasteiger partial charge in [0.2, 0.25) is 0 Å². The third-order valence-electron chi connectivity index (χ3n) is 2.63. The largest absolute Gasteiger partial charge is 0.307 e. The van der Waals surface area contributed by atoms with Crippen LogP contribution in [-0.2, 0) is 19.6 Å². The van der Waals surface area contributed by atoms with Crippen molar-refractivity contribution in [1.29, 1.82) is 0 Å². The minimum Gasteiger partial charge on any atom is -0.307 e. The highest BCUT2D eigenvalue weighted by Gasteiger charge is 2.03. The van der Waals surface area contributed by atoms with Crippen LogP contribution in [0.4, 0.5) is 0 Å². The lowest BCUT2D eigenvalue weighted by atomic mass is 10.1. The van der Waals surface area contributed by atoms with Crippen LogP contribution < -0.4 is 5.32 Å². The van der Waals surface area contributed by atoms with Crippen molar-refractivity contribution in [2.75, 3.05) is 14.1 Å². The van der Waals surface area contributed by atoms with Crippen molar-refractivity contribution in [3.8, 4) is 0 Å². The zero-order valence-corrected chi connectivity index (χ0v) is 11.6. The summed E-state index contributed by atoms with van der Waals surface area (Å²) < 4.78 is 3.85. The molecular formula is C13H18N4S. The summed E-state index contributed by atoms with van der Waals surface area (Å²) in [6.45, 7) is 2.60. The fraction of sp³-hybridized carbons (Fsp3) is 0.385. The fourth-order valence-electron chi connectivity index (χ4n) is 1.81. The topological polar surface area (TPSA) is 41.0 Å². The zero-order valence-electron chi connectivity index (χ0n) is 10.8. The molecule has 1 heterocycles. The Morgan fingerprint density at radius 1 is 1.17 bits per heavy atom. The highest BCUT2D eigenvalue weighted by Crippen LogP contribution is 2.10. The Balaban J connectivity index is 1.92. The molecule has 1 aromatic carbocycles. The highest BCUT2D eigenvalue weighted by molar-refractivity contribution is 7.03. The minimum absolute atomic E-state index is 0.771. The van der Waals surface area contributed by atoms with Crippen LogP contribution in [0, 0.1) is 0 Å². The van der Waals surface area contributed by atoms with Gasteiger partial charge in [-0.1, -0.05) is 28.8 Å². The second kappa shape index (κ2) is 6.58. The molecule has 0 amide bonds. The van der Waals surface area contributed by atoms with E-state index < -0.39 is 0 Å². The number of rotatable bonds is 6. The molecule has 5 heteroatoms. The molecule has 1 aromatic heterocycles. The van der Waals surface area contributed by atoms with Crippen molar-refractivity contribution in [3.63, 3.8) is 0 Å². The summed E-state index contributed by atoms with van der Waals surface area (Å²) in [4.78, 5) is 2.18.